The first kappa shape index (κ1) is 13.8. The fourth-order valence-corrected chi connectivity index (χ4v) is 2.32. The summed E-state index contributed by atoms with van der Waals surface area (Å²) >= 11 is 3.12. The number of hydrogen-bond donors (Lipinski definition) is 1. The molecule has 0 saturated carbocycles. The number of rotatable bonds is 3. The first-order valence-electron chi connectivity index (χ1n) is 5.95. The average molecular weight is 325 g/mol. The van der Waals surface area contributed by atoms with Crippen molar-refractivity contribution in [3.63, 3.8) is 0 Å². The zero-order chi connectivity index (χ0) is 14.0. The molecule has 0 aliphatic carbocycles. The molecule has 0 bridgehead atoms. The van der Waals surface area contributed by atoms with Crippen LogP contribution in [0, 0.1) is 12.7 Å². The first-order valence-corrected chi connectivity index (χ1v) is 6.74. The topological polar surface area (TPSA) is 34.0 Å². The van der Waals surface area contributed by atoms with Crippen molar-refractivity contribution in [2.24, 2.45) is 0 Å². The molecule has 0 spiro atoms. The highest BCUT2D eigenvalue weighted by molar-refractivity contribution is 9.10. The Labute approximate surface area is 119 Å². The molecule has 1 N–H and O–H groups in total. The summed E-state index contributed by atoms with van der Waals surface area (Å²) in [6.45, 7) is 4.49. The lowest BCUT2D eigenvalue weighted by Gasteiger charge is -2.11. The van der Waals surface area contributed by atoms with Gasteiger partial charge in [0.1, 0.15) is 11.5 Å². The molecule has 0 fully saturated rings. The van der Waals surface area contributed by atoms with Crippen molar-refractivity contribution in [2.75, 3.05) is 5.32 Å². The molecule has 1 heterocycles. The van der Waals surface area contributed by atoms with Crippen LogP contribution in [0.15, 0.2) is 34.9 Å². The van der Waals surface area contributed by atoms with E-state index in [1.54, 1.807) is 12.1 Å². The SMILES string of the molecule is CCn1cccc1C(=O)Nc1cc(F)c(Br)cc1C. The Morgan fingerprint density at radius 1 is 1.47 bits per heavy atom. The molecular weight excluding hydrogens is 311 g/mol. The molecule has 2 aromatic rings. The number of aromatic nitrogens is 1. The molecule has 1 aromatic heterocycles. The van der Waals surface area contributed by atoms with Crippen molar-refractivity contribution in [1.82, 2.24) is 4.57 Å². The molecule has 1 amide bonds. The van der Waals surface area contributed by atoms with Crippen molar-refractivity contribution in [3.05, 3.63) is 52.0 Å². The van der Waals surface area contributed by atoms with Gasteiger partial charge in [-0.3, -0.25) is 4.79 Å². The van der Waals surface area contributed by atoms with Crippen molar-refractivity contribution < 1.29 is 9.18 Å². The van der Waals surface area contributed by atoms with Crippen LogP contribution in [-0.4, -0.2) is 10.5 Å². The predicted molar refractivity (Wildman–Crippen MR) is 76.9 cm³/mol. The van der Waals surface area contributed by atoms with Crippen LogP contribution in [0.25, 0.3) is 0 Å². The summed E-state index contributed by atoms with van der Waals surface area (Å²) in [5.41, 5.74) is 1.84. The van der Waals surface area contributed by atoms with Gasteiger partial charge in [-0.1, -0.05) is 0 Å². The van der Waals surface area contributed by atoms with E-state index in [2.05, 4.69) is 21.2 Å². The molecule has 3 nitrogen and oxygen atoms in total. The van der Waals surface area contributed by atoms with Gasteiger partial charge >= 0.3 is 0 Å². The number of carbonyl (C=O) groups excluding carboxylic acids is 1. The van der Waals surface area contributed by atoms with Gasteiger partial charge in [0.2, 0.25) is 0 Å². The maximum absolute atomic E-state index is 13.5. The van der Waals surface area contributed by atoms with Crippen LogP contribution >= 0.6 is 15.9 Å². The lowest BCUT2D eigenvalue weighted by atomic mass is 10.2. The first-order chi connectivity index (χ1) is 9.02. The van der Waals surface area contributed by atoms with Gasteiger partial charge in [-0.2, -0.15) is 0 Å². The van der Waals surface area contributed by atoms with Crippen molar-refractivity contribution in [1.29, 1.82) is 0 Å². The highest BCUT2D eigenvalue weighted by atomic mass is 79.9. The standard InChI is InChI=1S/C14H14BrFN2O/c1-3-18-6-4-5-13(18)14(19)17-12-8-11(16)10(15)7-9(12)2/h4-8H,3H2,1-2H3,(H,17,19). The fraction of sp³-hybridized carbons (Fsp3) is 0.214. The van der Waals surface area contributed by atoms with E-state index in [0.717, 1.165) is 5.56 Å². The minimum absolute atomic E-state index is 0.239. The monoisotopic (exact) mass is 324 g/mol. The molecule has 19 heavy (non-hydrogen) atoms. The second-order valence-electron chi connectivity index (χ2n) is 4.21. The third-order valence-corrected chi connectivity index (χ3v) is 3.53. The van der Waals surface area contributed by atoms with Gasteiger partial charge in [0, 0.05) is 18.4 Å². The third-order valence-electron chi connectivity index (χ3n) is 2.92. The van der Waals surface area contributed by atoms with Crippen molar-refractivity contribution in [3.8, 4) is 0 Å². The summed E-state index contributed by atoms with van der Waals surface area (Å²) in [6, 6.07) is 6.51. The molecule has 0 saturated heterocycles. The van der Waals surface area contributed by atoms with E-state index in [1.807, 2.05) is 30.7 Å². The summed E-state index contributed by atoms with van der Waals surface area (Å²) in [7, 11) is 0. The highest BCUT2D eigenvalue weighted by Gasteiger charge is 2.13. The maximum Gasteiger partial charge on any atom is 0.272 e. The van der Waals surface area contributed by atoms with E-state index in [0.29, 0.717) is 22.4 Å². The molecule has 2 rings (SSSR count). The smallest absolute Gasteiger partial charge is 0.272 e. The third kappa shape index (κ3) is 2.87. The Kier molecular flexibility index (Phi) is 4.04. The van der Waals surface area contributed by atoms with E-state index in [1.165, 1.54) is 6.07 Å². The second-order valence-corrected chi connectivity index (χ2v) is 5.07. The number of halogens is 2. The lowest BCUT2D eigenvalue weighted by Crippen LogP contribution is -2.17. The van der Waals surface area contributed by atoms with Crippen LogP contribution in [0.1, 0.15) is 23.0 Å². The molecule has 1 aromatic carbocycles. The molecule has 0 unspecified atom stereocenters. The molecule has 5 heteroatoms. The molecule has 0 radical (unpaired) electrons. The van der Waals surface area contributed by atoms with Crippen LogP contribution in [0.4, 0.5) is 10.1 Å². The minimum atomic E-state index is -0.397. The van der Waals surface area contributed by atoms with Gasteiger partial charge in [-0.25, -0.2) is 4.39 Å². The van der Waals surface area contributed by atoms with E-state index < -0.39 is 5.82 Å². The Morgan fingerprint density at radius 3 is 2.89 bits per heavy atom. The highest BCUT2D eigenvalue weighted by Crippen LogP contribution is 2.24. The minimum Gasteiger partial charge on any atom is -0.344 e. The van der Waals surface area contributed by atoms with Crippen LogP contribution in [0.2, 0.25) is 0 Å². The van der Waals surface area contributed by atoms with E-state index in [9.17, 15) is 9.18 Å². The van der Waals surface area contributed by atoms with Crippen LogP contribution in [0.3, 0.4) is 0 Å². The van der Waals surface area contributed by atoms with Crippen LogP contribution < -0.4 is 5.32 Å². The van der Waals surface area contributed by atoms with E-state index in [4.69, 9.17) is 0 Å². The van der Waals surface area contributed by atoms with Crippen LogP contribution in [0.5, 0.6) is 0 Å². The number of anilines is 1. The van der Waals surface area contributed by atoms with E-state index >= 15 is 0 Å². The van der Waals surface area contributed by atoms with Gasteiger partial charge < -0.3 is 9.88 Å². The Morgan fingerprint density at radius 2 is 2.21 bits per heavy atom. The fourth-order valence-electron chi connectivity index (χ4n) is 1.86. The normalized spacial score (nSPS) is 10.5. The zero-order valence-electron chi connectivity index (χ0n) is 10.7. The summed E-state index contributed by atoms with van der Waals surface area (Å²) in [5.74, 6) is -0.636. The number of benzene rings is 1. The van der Waals surface area contributed by atoms with Gasteiger partial charge in [0.25, 0.3) is 5.91 Å². The summed E-state index contributed by atoms with van der Waals surface area (Å²) in [6.07, 6.45) is 1.84. The lowest BCUT2D eigenvalue weighted by molar-refractivity contribution is 0.101. The van der Waals surface area contributed by atoms with Crippen molar-refractivity contribution >= 4 is 27.5 Å². The summed E-state index contributed by atoms with van der Waals surface area (Å²) < 4.78 is 15.7. The van der Waals surface area contributed by atoms with Gasteiger partial charge in [-0.05, 0) is 59.6 Å². The number of nitrogens with zero attached hydrogens (tertiary/aromatic N) is 1. The summed E-state index contributed by atoms with van der Waals surface area (Å²) in [5, 5.41) is 2.73. The molecule has 0 aliphatic heterocycles. The van der Waals surface area contributed by atoms with Gasteiger partial charge in [0.05, 0.1) is 4.47 Å². The van der Waals surface area contributed by atoms with Crippen molar-refractivity contribution in [2.45, 2.75) is 20.4 Å². The molecular formula is C14H14BrFN2O. The molecule has 100 valence electrons. The molecule has 0 aliphatic rings. The number of amides is 1. The van der Waals surface area contributed by atoms with Crippen LogP contribution in [-0.2, 0) is 6.54 Å². The van der Waals surface area contributed by atoms with E-state index in [-0.39, 0.29) is 5.91 Å². The molecule has 0 atom stereocenters. The summed E-state index contributed by atoms with van der Waals surface area (Å²) in [4.78, 5) is 12.1. The zero-order valence-corrected chi connectivity index (χ0v) is 12.3. The quantitative estimate of drug-likeness (QED) is 0.910. The largest absolute Gasteiger partial charge is 0.344 e. The Balaban J connectivity index is 2.27. The maximum atomic E-state index is 13.5. The van der Waals surface area contributed by atoms with Gasteiger partial charge in [-0.15, -0.1) is 0 Å². The van der Waals surface area contributed by atoms with Gasteiger partial charge in [0.15, 0.2) is 0 Å². The number of aryl methyl sites for hydroxylation is 2. The Hall–Kier alpha value is -1.62. The number of hydrogen-bond acceptors (Lipinski definition) is 1. The number of carbonyl (C=O) groups is 1. The number of nitrogens with one attached hydrogen (secondary N) is 1. The second kappa shape index (κ2) is 5.57. The average Bonchev–Trinajstić information content (AvgIpc) is 2.84. The Bertz CT molecular complexity index is 622. The predicted octanol–water partition coefficient (Wildman–Crippen LogP) is 3.97.